The molecule has 0 fully saturated rings. The first-order chi connectivity index (χ1) is 12.5. The molecule has 0 saturated carbocycles. The van der Waals surface area contributed by atoms with Crippen LogP contribution in [0.15, 0.2) is 60.8 Å². The van der Waals surface area contributed by atoms with Crippen molar-refractivity contribution in [2.75, 3.05) is 9.80 Å². The normalized spacial score (nSPS) is 17.9. The molecule has 1 atom stereocenters. The molecule has 1 aromatic heterocycles. The van der Waals surface area contributed by atoms with Crippen LogP contribution in [0.2, 0.25) is 0 Å². The van der Waals surface area contributed by atoms with Crippen LogP contribution in [0.3, 0.4) is 0 Å². The third-order valence-corrected chi connectivity index (χ3v) is 5.24. The predicted octanol–water partition coefficient (Wildman–Crippen LogP) is 4.95. The zero-order chi connectivity index (χ0) is 17.9. The molecule has 4 nitrogen and oxygen atoms in total. The van der Waals surface area contributed by atoms with Crippen LogP contribution in [-0.4, -0.2) is 16.1 Å². The summed E-state index contributed by atoms with van der Waals surface area (Å²) in [5.74, 6) is 1.92. The van der Waals surface area contributed by atoms with E-state index in [4.69, 9.17) is 9.97 Å². The number of nitrogens with zero attached hydrogens (tertiary/aromatic N) is 4. The Labute approximate surface area is 154 Å². The second-order valence-electron chi connectivity index (χ2n) is 8.04. The number of para-hydroxylation sites is 2. The third-order valence-electron chi connectivity index (χ3n) is 5.24. The first-order valence-corrected chi connectivity index (χ1v) is 9.13. The van der Waals surface area contributed by atoms with Gasteiger partial charge in [-0.1, -0.05) is 57.2 Å². The quantitative estimate of drug-likeness (QED) is 0.626. The van der Waals surface area contributed by atoms with Crippen LogP contribution in [0.1, 0.15) is 32.0 Å². The van der Waals surface area contributed by atoms with E-state index in [1.54, 1.807) is 0 Å². The minimum Gasteiger partial charge on any atom is -0.301 e. The maximum Gasteiger partial charge on any atom is 0.178 e. The fourth-order valence-electron chi connectivity index (χ4n) is 3.92. The van der Waals surface area contributed by atoms with E-state index in [1.165, 1.54) is 11.3 Å². The molecule has 2 aromatic carbocycles. The van der Waals surface area contributed by atoms with Crippen molar-refractivity contribution in [1.29, 1.82) is 0 Å². The Morgan fingerprint density at radius 3 is 2.38 bits per heavy atom. The van der Waals surface area contributed by atoms with Gasteiger partial charge in [-0.3, -0.25) is 0 Å². The molecule has 4 heteroatoms. The molecule has 26 heavy (non-hydrogen) atoms. The molecular formula is C22H22N4. The Kier molecular flexibility index (Phi) is 3.14. The fraction of sp³-hybridized carbons (Fsp3) is 0.273. The Hall–Kier alpha value is -2.88. The maximum atomic E-state index is 5.06. The Morgan fingerprint density at radius 2 is 1.62 bits per heavy atom. The number of anilines is 4. The average Bonchev–Trinajstić information content (AvgIpc) is 3.15. The Bertz CT molecular complexity index is 975. The smallest absolute Gasteiger partial charge is 0.178 e. The van der Waals surface area contributed by atoms with E-state index in [-0.39, 0.29) is 11.6 Å². The van der Waals surface area contributed by atoms with Gasteiger partial charge in [0, 0.05) is 23.2 Å². The topological polar surface area (TPSA) is 32.3 Å². The molecule has 0 aliphatic carbocycles. The van der Waals surface area contributed by atoms with E-state index in [2.05, 4.69) is 85.2 Å². The molecule has 0 radical (unpaired) electrons. The molecule has 1 unspecified atom stereocenters. The van der Waals surface area contributed by atoms with Gasteiger partial charge in [0.05, 0.1) is 11.9 Å². The van der Waals surface area contributed by atoms with Crippen molar-refractivity contribution in [2.45, 2.75) is 38.8 Å². The van der Waals surface area contributed by atoms with E-state index in [9.17, 15) is 0 Å². The highest BCUT2D eigenvalue weighted by atomic mass is 15.5. The van der Waals surface area contributed by atoms with Gasteiger partial charge in [0.25, 0.3) is 0 Å². The number of benzene rings is 2. The highest BCUT2D eigenvalue weighted by Gasteiger charge is 2.45. The monoisotopic (exact) mass is 342 g/mol. The van der Waals surface area contributed by atoms with Gasteiger partial charge in [-0.25, -0.2) is 9.97 Å². The molecule has 0 bridgehead atoms. The zero-order valence-corrected chi connectivity index (χ0v) is 15.3. The molecule has 2 aliphatic rings. The van der Waals surface area contributed by atoms with Gasteiger partial charge in [-0.15, -0.1) is 0 Å². The summed E-state index contributed by atoms with van der Waals surface area (Å²) < 4.78 is 0. The van der Waals surface area contributed by atoms with Crippen LogP contribution in [0.25, 0.3) is 0 Å². The Morgan fingerprint density at radius 1 is 0.885 bits per heavy atom. The van der Waals surface area contributed by atoms with Gasteiger partial charge in [0.1, 0.15) is 6.17 Å². The molecule has 0 amide bonds. The molecule has 0 saturated heterocycles. The molecule has 2 aliphatic heterocycles. The minimum atomic E-state index is -0.0324. The molecule has 0 N–H and O–H groups in total. The van der Waals surface area contributed by atoms with Crippen molar-refractivity contribution in [3.05, 3.63) is 72.1 Å². The first kappa shape index (κ1) is 15.4. The molecule has 0 spiro atoms. The van der Waals surface area contributed by atoms with E-state index < -0.39 is 0 Å². The molecule has 130 valence electrons. The number of hydrogen-bond donors (Lipinski definition) is 0. The summed E-state index contributed by atoms with van der Waals surface area (Å²) >= 11 is 0. The van der Waals surface area contributed by atoms with Gasteiger partial charge in [-0.2, -0.15) is 0 Å². The third kappa shape index (κ3) is 2.15. The summed E-state index contributed by atoms with van der Waals surface area (Å²) in [4.78, 5) is 14.6. The van der Waals surface area contributed by atoms with E-state index in [0.29, 0.717) is 0 Å². The van der Waals surface area contributed by atoms with Crippen LogP contribution in [-0.2, 0) is 11.8 Å². The number of hydrogen-bond acceptors (Lipinski definition) is 4. The lowest BCUT2D eigenvalue weighted by Gasteiger charge is -2.27. The standard InChI is InChI=1S/C22H22N4/c1-22(2,3)18-14-23-20-21(24-18)25(16-10-5-4-6-11-16)19-13-15-9-7-8-12-17(15)26(19)20/h4-12,14,19H,13H2,1-3H3. The van der Waals surface area contributed by atoms with E-state index >= 15 is 0 Å². The first-order valence-electron chi connectivity index (χ1n) is 9.13. The number of fused-ring (bicyclic) bond motifs is 5. The Balaban J connectivity index is 1.73. The van der Waals surface area contributed by atoms with Crippen LogP contribution < -0.4 is 9.80 Å². The van der Waals surface area contributed by atoms with Crippen molar-refractivity contribution in [2.24, 2.45) is 0 Å². The lowest BCUT2D eigenvalue weighted by Crippen LogP contribution is -2.36. The van der Waals surface area contributed by atoms with Crippen molar-refractivity contribution in [1.82, 2.24) is 9.97 Å². The lowest BCUT2D eigenvalue weighted by atomic mass is 9.93. The van der Waals surface area contributed by atoms with Crippen molar-refractivity contribution >= 4 is 23.0 Å². The second-order valence-corrected chi connectivity index (χ2v) is 8.04. The van der Waals surface area contributed by atoms with E-state index in [0.717, 1.165) is 29.4 Å². The second kappa shape index (κ2) is 5.31. The summed E-state index contributed by atoms with van der Waals surface area (Å²) in [5.41, 5.74) is 4.76. The van der Waals surface area contributed by atoms with Crippen molar-refractivity contribution in [3.8, 4) is 0 Å². The van der Waals surface area contributed by atoms with E-state index in [1.807, 2.05) is 6.20 Å². The predicted molar refractivity (Wildman–Crippen MR) is 105 cm³/mol. The number of rotatable bonds is 1. The summed E-state index contributed by atoms with van der Waals surface area (Å²) in [6.07, 6.45) is 3.10. The largest absolute Gasteiger partial charge is 0.301 e. The zero-order valence-electron chi connectivity index (χ0n) is 15.3. The maximum absolute atomic E-state index is 5.06. The number of aromatic nitrogens is 2. The minimum absolute atomic E-state index is 0.0324. The fourth-order valence-corrected chi connectivity index (χ4v) is 3.92. The summed E-state index contributed by atoms with van der Waals surface area (Å²) in [7, 11) is 0. The molecule has 3 aromatic rings. The van der Waals surface area contributed by atoms with Crippen LogP contribution in [0.5, 0.6) is 0 Å². The van der Waals surface area contributed by atoms with Gasteiger partial charge in [0.2, 0.25) is 0 Å². The van der Waals surface area contributed by atoms with Crippen LogP contribution in [0, 0.1) is 0 Å². The van der Waals surface area contributed by atoms with Crippen molar-refractivity contribution < 1.29 is 0 Å². The van der Waals surface area contributed by atoms with Gasteiger partial charge in [-0.05, 0) is 23.8 Å². The highest BCUT2D eigenvalue weighted by Crippen LogP contribution is 2.51. The van der Waals surface area contributed by atoms with Gasteiger partial charge >= 0.3 is 0 Å². The molecule has 3 heterocycles. The van der Waals surface area contributed by atoms with Crippen LogP contribution in [0.4, 0.5) is 23.0 Å². The lowest BCUT2D eigenvalue weighted by molar-refractivity contribution is 0.566. The summed E-state index contributed by atoms with van der Waals surface area (Å²) in [5, 5.41) is 0. The summed E-state index contributed by atoms with van der Waals surface area (Å²) in [6, 6.07) is 19.1. The highest BCUT2D eigenvalue weighted by molar-refractivity contribution is 5.86. The summed E-state index contributed by atoms with van der Waals surface area (Å²) in [6.45, 7) is 6.55. The SMILES string of the molecule is CC(C)(C)c1cnc2c(n1)N(c1ccccc1)C1Cc3ccccc3N21. The average molecular weight is 342 g/mol. The van der Waals surface area contributed by atoms with Gasteiger partial charge in [0.15, 0.2) is 11.6 Å². The van der Waals surface area contributed by atoms with Crippen molar-refractivity contribution in [3.63, 3.8) is 0 Å². The van der Waals surface area contributed by atoms with Crippen LogP contribution >= 0.6 is 0 Å². The molecule has 5 rings (SSSR count). The van der Waals surface area contributed by atoms with Gasteiger partial charge < -0.3 is 9.80 Å². The molecular weight excluding hydrogens is 320 g/mol.